The van der Waals surface area contributed by atoms with Crippen molar-refractivity contribution in [1.82, 2.24) is 9.78 Å². The first-order valence-corrected chi connectivity index (χ1v) is 11.2. The van der Waals surface area contributed by atoms with Gasteiger partial charge in [0.15, 0.2) is 5.69 Å². The van der Waals surface area contributed by atoms with Crippen molar-refractivity contribution in [3.63, 3.8) is 0 Å². The third-order valence-corrected chi connectivity index (χ3v) is 6.92. The average Bonchev–Trinajstić information content (AvgIpc) is 3.17. The molecule has 0 spiro atoms. The van der Waals surface area contributed by atoms with Gasteiger partial charge in [0.25, 0.3) is 0 Å². The van der Waals surface area contributed by atoms with Crippen molar-refractivity contribution in [1.29, 1.82) is 0 Å². The smallest absolute Gasteiger partial charge is 0.436 e. The van der Waals surface area contributed by atoms with Crippen LogP contribution in [0.3, 0.4) is 0 Å². The molecule has 0 radical (unpaired) electrons. The first kappa shape index (κ1) is 22.8. The van der Waals surface area contributed by atoms with Crippen LogP contribution in [0.5, 0.6) is 0 Å². The number of anilines is 1. The molecule has 0 saturated carbocycles. The molecular formula is C19H21BrF3N3O3S. The number of halogens is 4. The molecule has 30 heavy (non-hydrogen) atoms. The molecule has 0 bridgehead atoms. The molecule has 11 heteroatoms. The molecule has 0 fully saturated rings. The van der Waals surface area contributed by atoms with Gasteiger partial charge >= 0.3 is 12.1 Å². The number of rotatable bonds is 6. The van der Waals surface area contributed by atoms with E-state index in [2.05, 4.69) is 26.3 Å². The van der Waals surface area contributed by atoms with Gasteiger partial charge in [-0.2, -0.15) is 18.3 Å². The van der Waals surface area contributed by atoms with Crippen molar-refractivity contribution in [3.05, 3.63) is 31.9 Å². The first-order chi connectivity index (χ1) is 14.1. The second-order valence-corrected chi connectivity index (χ2v) is 8.90. The fourth-order valence-corrected chi connectivity index (χ4v) is 5.10. The van der Waals surface area contributed by atoms with Gasteiger partial charge in [-0.15, -0.1) is 11.3 Å². The maximum atomic E-state index is 13.0. The summed E-state index contributed by atoms with van der Waals surface area (Å²) in [5.41, 5.74) is 0.375. The summed E-state index contributed by atoms with van der Waals surface area (Å²) < 4.78 is 45.2. The fraction of sp³-hybridized carbons (Fsp3) is 0.526. The first-order valence-electron chi connectivity index (χ1n) is 9.55. The van der Waals surface area contributed by atoms with Gasteiger partial charge in [0.1, 0.15) is 11.5 Å². The van der Waals surface area contributed by atoms with Gasteiger partial charge < -0.3 is 10.1 Å². The molecular weight excluding hydrogens is 487 g/mol. The number of nitrogens with one attached hydrogen (secondary N) is 1. The molecule has 1 aliphatic rings. The predicted molar refractivity (Wildman–Crippen MR) is 110 cm³/mol. The zero-order valence-electron chi connectivity index (χ0n) is 16.5. The van der Waals surface area contributed by atoms with Crippen LogP contribution in [0.1, 0.15) is 58.4 Å². The zero-order valence-corrected chi connectivity index (χ0v) is 18.9. The molecule has 6 nitrogen and oxygen atoms in total. The highest BCUT2D eigenvalue weighted by Gasteiger charge is 2.38. The van der Waals surface area contributed by atoms with Gasteiger partial charge in [-0.3, -0.25) is 9.48 Å². The lowest BCUT2D eigenvalue weighted by atomic mass is 9.95. The number of aromatic nitrogens is 2. The summed E-state index contributed by atoms with van der Waals surface area (Å²) in [6.07, 6.45) is -0.442. The minimum atomic E-state index is -4.63. The molecule has 0 saturated heterocycles. The molecule has 0 unspecified atom stereocenters. The average molecular weight is 508 g/mol. The number of esters is 1. The van der Waals surface area contributed by atoms with E-state index in [-0.39, 0.29) is 16.8 Å². The quantitative estimate of drug-likeness (QED) is 0.550. The van der Waals surface area contributed by atoms with E-state index in [0.29, 0.717) is 17.0 Å². The summed E-state index contributed by atoms with van der Waals surface area (Å²) >= 11 is 4.22. The number of ether oxygens (including phenoxy) is 1. The lowest BCUT2D eigenvalue weighted by Crippen LogP contribution is -2.22. The molecule has 164 valence electrons. The van der Waals surface area contributed by atoms with Crippen molar-refractivity contribution in [2.24, 2.45) is 0 Å². The standard InChI is InChI=1S/C19H21BrF3N3O3S/c1-3-8-29-18(28)14-11-6-4-5-7-12(11)30-17(14)24-13(27)9-26-10(2)15(20)16(25-26)19(21,22)23/h3-9H2,1-2H3,(H,24,27). The van der Waals surface area contributed by atoms with Gasteiger partial charge in [-0.25, -0.2) is 4.79 Å². The number of alkyl halides is 3. The van der Waals surface area contributed by atoms with Crippen LogP contribution in [-0.2, 0) is 35.1 Å². The number of hydrogen-bond acceptors (Lipinski definition) is 5. The number of fused-ring (bicyclic) bond motifs is 1. The van der Waals surface area contributed by atoms with E-state index in [1.807, 2.05) is 6.92 Å². The van der Waals surface area contributed by atoms with E-state index in [0.717, 1.165) is 40.8 Å². The Morgan fingerprint density at radius 1 is 1.30 bits per heavy atom. The lowest BCUT2D eigenvalue weighted by Gasteiger charge is -2.12. The third kappa shape index (κ3) is 4.72. The number of carbonyl (C=O) groups is 2. The SMILES string of the molecule is CCCOC(=O)c1c(NC(=O)Cn2nc(C(F)(F)F)c(Br)c2C)sc2c1CCCC2. The Kier molecular flexibility index (Phi) is 6.91. The van der Waals surface area contributed by atoms with Crippen molar-refractivity contribution in [2.45, 2.75) is 58.7 Å². The van der Waals surface area contributed by atoms with E-state index in [1.165, 1.54) is 18.3 Å². The van der Waals surface area contributed by atoms with Crippen LogP contribution in [0, 0.1) is 6.92 Å². The largest absolute Gasteiger partial charge is 0.462 e. The van der Waals surface area contributed by atoms with Crippen LogP contribution in [0.15, 0.2) is 4.47 Å². The Morgan fingerprint density at radius 3 is 2.63 bits per heavy atom. The van der Waals surface area contributed by atoms with E-state index >= 15 is 0 Å². The molecule has 1 aliphatic carbocycles. The van der Waals surface area contributed by atoms with Crippen molar-refractivity contribution in [3.8, 4) is 0 Å². The molecule has 0 aliphatic heterocycles. The van der Waals surface area contributed by atoms with Gasteiger partial charge in [-0.1, -0.05) is 6.92 Å². The Hall–Kier alpha value is -1.88. The molecule has 2 aromatic rings. The maximum Gasteiger partial charge on any atom is 0.436 e. The Morgan fingerprint density at radius 2 is 2.00 bits per heavy atom. The monoisotopic (exact) mass is 507 g/mol. The summed E-state index contributed by atoms with van der Waals surface area (Å²) in [6.45, 7) is 3.19. The normalized spacial score (nSPS) is 13.8. The summed E-state index contributed by atoms with van der Waals surface area (Å²) in [5, 5.41) is 6.59. The number of thiophene rings is 1. The zero-order chi connectivity index (χ0) is 22.1. The highest BCUT2D eigenvalue weighted by Crippen LogP contribution is 2.39. The lowest BCUT2D eigenvalue weighted by molar-refractivity contribution is -0.142. The molecule has 2 aromatic heterocycles. The summed E-state index contributed by atoms with van der Waals surface area (Å²) in [4.78, 5) is 26.2. The number of amides is 1. The highest BCUT2D eigenvalue weighted by atomic mass is 79.9. The molecule has 0 atom stereocenters. The van der Waals surface area contributed by atoms with Crippen LogP contribution >= 0.6 is 27.3 Å². The molecule has 1 amide bonds. The van der Waals surface area contributed by atoms with Gasteiger partial charge in [0.2, 0.25) is 5.91 Å². The second kappa shape index (κ2) is 9.09. The van der Waals surface area contributed by atoms with Crippen molar-refractivity contribution < 1.29 is 27.5 Å². The van der Waals surface area contributed by atoms with Crippen molar-refractivity contribution >= 4 is 44.1 Å². The molecule has 2 heterocycles. The Bertz CT molecular complexity index is 969. The van der Waals surface area contributed by atoms with E-state index in [9.17, 15) is 22.8 Å². The minimum Gasteiger partial charge on any atom is -0.462 e. The van der Waals surface area contributed by atoms with Crippen LogP contribution in [0.25, 0.3) is 0 Å². The maximum absolute atomic E-state index is 13.0. The molecule has 0 aromatic carbocycles. The van der Waals surface area contributed by atoms with E-state index in [1.54, 1.807) is 0 Å². The van der Waals surface area contributed by atoms with Crippen LogP contribution in [0.2, 0.25) is 0 Å². The van der Waals surface area contributed by atoms with Gasteiger partial charge in [0.05, 0.1) is 22.3 Å². The topological polar surface area (TPSA) is 73.2 Å². The minimum absolute atomic E-state index is 0.186. The van der Waals surface area contributed by atoms with Crippen LogP contribution < -0.4 is 5.32 Å². The second-order valence-electron chi connectivity index (χ2n) is 7.00. The van der Waals surface area contributed by atoms with Crippen LogP contribution in [-0.4, -0.2) is 28.3 Å². The fourth-order valence-electron chi connectivity index (χ4n) is 3.30. The number of nitrogens with zero attached hydrogens (tertiary/aromatic N) is 2. The molecule has 1 N–H and O–H groups in total. The number of hydrogen-bond donors (Lipinski definition) is 1. The van der Waals surface area contributed by atoms with Gasteiger partial charge in [0, 0.05) is 4.88 Å². The molecule has 3 rings (SSSR count). The summed E-state index contributed by atoms with van der Waals surface area (Å²) in [6, 6.07) is 0. The summed E-state index contributed by atoms with van der Waals surface area (Å²) in [5.74, 6) is -1.05. The Balaban J connectivity index is 1.84. The van der Waals surface area contributed by atoms with Crippen LogP contribution in [0.4, 0.5) is 18.2 Å². The Labute approximate surface area is 183 Å². The van der Waals surface area contributed by atoms with E-state index in [4.69, 9.17) is 4.74 Å². The number of aryl methyl sites for hydroxylation is 1. The summed E-state index contributed by atoms with van der Waals surface area (Å²) in [7, 11) is 0. The third-order valence-electron chi connectivity index (χ3n) is 4.76. The van der Waals surface area contributed by atoms with E-state index < -0.39 is 30.3 Å². The number of carbonyl (C=O) groups excluding carboxylic acids is 2. The van der Waals surface area contributed by atoms with Gasteiger partial charge in [-0.05, 0) is 60.5 Å². The highest BCUT2D eigenvalue weighted by molar-refractivity contribution is 9.10. The predicted octanol–water partition coefficient (Wildman–Crippen LogP) is 5.12. The van der Waals surface area contributed by atoms with Crippen molar-refractivity contribution in [2.75, 3.05) is 11.9 Å².